The van der Waals surface area contributed by atoms with Gasteiger partial charge in [0.15, 0.2) is 11.0 Å². The topological polar surface area (TPSA) is 96.7 Å². The summed E-state index contributed by atoms with van der Waals surface area (Å²) < 4.78 is 31.7. The zero-order valence-corrected chi connectivity index (χ0v) is 19.1. The molecule has 0 aliphatic carbocycles. The highest BCUT2D eigenvalue weighted by atomic mass is 32.2. The molecule has 1 heterocycles. The van der Waals surface area contributed by atoms with Crippen molar-refractivity contribution in [2.45, 2.75) is 11.8 Å². The van der Waals surface area contributed by atoms with Crippen LogP contribution >= 0.6 is 0 Å². The van der Waals surface area contributed by atoms with Crippen LogP contribution < -0.4 is 10.7 Å². The lowest BCUT2D eigenvalue weighted by molar-refractivity contribution is 0.102. The summed E-state index contributed by atoms with van der Waals surface area (Å²) in [7, 11) is -0.674. The van der Waals surface area contributed by atoms with E-state index in [1.165, 1.54) is 38.4 Å². The normalized spacial score (nSPS) is 11.6. The lowest BCUT2D eigenvalue weighted by Crippen LogP contribution is -2.22. The molecule has 0 atom stereocenters. The molecule has 4 rings (SSSR count). The van der Waals surface area contributed by atoms with Crippen molar-refractivity contribution in [1.82, 2.24) is 4.31 Å². The van der Waals surface area contributed by atoms with E-state index in [1.807, 2.05) is 30.3 Å². The third kappa shape index (κ3) is 4.18. The number of nitrogens with one attached hydrogen (secondary N) is 1. The molecule has 1 aromatic heterocycles. The molecule has 0 aliphatic rings. The van der Waals surface area contributed by atoms with E-state index in [0.717, 1.165) is 9.87 Å². The van der Waals surface area contributed by atoms with Gasteiger partial charge in [-0.1, -0.05) is 36.4 Å². The molecule has 0 radical (unpaired) electrons. The Hall–Kier alpha value is -3.75. The monoisotopic (exact) mass is 462 g/mol. The number of anilines is 1. The molecule has 0 spiro atoms. The van der Waals surface area contributed by atoms with Crippen molar-refractivity contribution >= 4 is 32.6 Å². The van der Waals surface area contributed by atoms with Crippen LogP contribution in [0.3, 0.4) is 0 Å². The third-order valence-electron chi connectivity index (χ3n) is 5.32. The van der Waals surface area contributed by atoms with Gasteiger partial charge in [0.2, 0.25) is 10.0 Å². The maximum Gasteiger partial charge on any atom is 0.259 e. The van der Waals surface area contributed by atoms with E-state index in [2.05, 4.69) is 5.32 Å². The Kier molecular flexibility index (Phi) is 5.88. The second-order valence-electron chi connectivity index (χ2n) is 7.70. The van der Waals surface area contributed by atoms with E-state index in [9.17, 15) is 18.0 Å². The first-order chi connectivity index (χ1) is 15.7. The number of rotatable bonds is 5. The summed E-state index contributed by atoms with van der Waals surface area (Å²) in [6.07, 6.45) is 0. The Balaban J connectivity index is 1.73. The summed E-state index contributed by atoms with van der Waals surface area (Å²) in [6, 6.07) is 19.9. The van der Waals surface area contributed by atoms with Crippen LogP contribution in [0.1, 0.15) is 15.9 Å². The fourth-order valence-corrected chi connectivity index (χ4v) is 4.37. The van der Waals surface area contributed by atoms with Gasteiger partial charge in [0, 0.05) is 30.9 Å². The number of carbonyl (C=O) groups is 1. The minimum atomic E-state index is -3.57. The molecular formula is C25H22N2O5S. The first kappa shape index (κ1) is 22.4. The zero-order valence-electron chi connectivity index (χ0n) is 18.3. The number of hydrogen-bond donors (Lipinski definition) is 1. The van der Waals surface area contributed by atoms with Crippen LogP contribution in [-0.4, -0.2) is 32.7 Å². The molecule has 0 aliphatic heterocycles. The highest BCUT2D eigenvalue weighted by Gasteiger charge is 2.20. The van der Waals surface area contributed by atoms with Crippen LogP contribution in [0.2, 0.25) is 0 Å². The summed E-state index contributed by atoms with van der Waals surface area (Å²) in [5.41, 5.74) is 1.80. The molecule has 0 bridgehead atoms. The maximum atomic E-state index is 13.1. The van der Waals surface area contributed by atoms with Gasteiger partial charge in [0.05, 0.1) is 15.8 Å². The van der Waals surface area contributed by atoms with Gasteiger partial charge in [-0.3, -0.25) is 9.59 Å². The van der Waals surface area contributed by atoms with E-state index < -0.39 is 15.9 Å². The number of benzene rings is 3. The number of para-hydroxylation sites is 1. The molecule has 1 N–H and O–H groups in total. The van der Waals surface area contributed by atoms with Gasteiger partial charge >= 0.3 is 0 Å². The average molecular weight is 463 g/mol. The van der Waals surface area contributed by atoms with E-state index >= 15 is 0 Å². The molecule has 0 unspecified atom stereocenters. The largest absolute Gasteiger partial charge is 0.455 e. The average Bonchev–Trinajstić information content (AvgIpc) is 2.81. The highest BCUT2D eigenvalue weighted by molar-refractivity contribution is 7.89. The van der Waals surface area contributed by atoms with Gasteiger partial charge in [-0.2, -0.15) is 0 Å². The van der Waals surface area contributed by atoms with E-state index in [1.54, 1.807) is 25.1 Å². The first-order valence-corrected chi connectivity index (χ1v) is 11.6. The van der Waals surface area contributed by atoms with Gasteiger partial charge in [0.25, 0.3) is 5.91 Å². The Morgan fingerprint density at radius 2 is 1.58 bits per heavy atom. The summed E-state index contributed by atoms with van der Waals surface area (Å²) in [6.45, 7) is 1.70. The smallest absolute Gasteiger partial charge is 0.259 e. The van der Waals surface area contributed by atoms with Gasteiger partial charge in [-0.25, -0.2) is 12.7 Å². The molecule has 3 aromatic carbocycles. The fourth-order valence-electron chi connectivity index (χ4n) is 3.47. The van der Waals surface area contributed by atoms with Crippen LogP contribution in [0, 0.1) is 6.92 Å². The van der Waals surface area contributed by atoms with Crippen molar-refractivity contribution in [3.8, 4) is 11.3 Å². The molecule has 33 heavy (non-hydrogen) atoms. The summed E-state index contributed by atoms with van der Waals surface area (Å²) in [5, 5.41) is 3.05. The molecule has 0 fully saturated rings. The minimum absolute atomic E-state index is 0.115. The maximum absolute atomic E-state index is 13.1. The van der Waals surface area contributed by atoms with Gasteiger partial charge in [-0.05, 0) is 43.3 Å². The molecule has 168 valence electrons. The molecule has 7 nitrogen and oxygen atoms in total. The predicted octanol–water partition coefficient (Wildman–Crippen LogP) is 4.27. The lowest BCUT2D eigenvalue weighted by Gasteiger charge is -2.13. The number of nitrogens with zero attached hydrogens (tertiary/aromatic N) is 1. The SMILES string of the molecule is Cc1c(-c2ccccc2)oc2c(C(=O)Nc3ccc(S(=O)(=O)N(C)C)cc3)cccc2c1=O. The summed E-state index contributed by atoms with van der Waals surface area (Å²) >= 11 is 0. The number of sulfonamides is 1. The van der Waals surface area contributed by atoms with Crippen LogP contribution in [0.15, 0.2) is 86.9 Å². The third-order valence-corrected chi connectivity index (χ3v) is 7.15. The van der Waals surface area contributed by atoms with Crippen LogP contribution in [0.4, 0.5) is 5.69 Å². The van der Waals surface area contributed by atoms with Gasteiger partial charge in [0.1, 0.15) is 5.76 Å². The van der Waals surface area contributed by atoms with Crippen LogP contribution in [-0.2, 0) is 10.0 Å². The standard InChI is InChI=1S/C25H22N2O5S/c1-16-22(28)20-10-7-11-21(24(20)32-23(16)17-8-5-4-6-9-17)25(29)26-18-12-14-19(15-13-18)33(30,31)27(2)3/h4-15H,1-3H3,(H,26,29). The van der Waals surface area contributed by atoms with E-state index in [4.69, 9.17) is 4.42 Å². The lowest BCUT2D eigenvalue weighted by atomic mass is 10.0. The molecule has 4 aromatic rings. The second-order valence-corrected chi connectivity index (χ2v) is 9.85. The van der Waals surface area contributed by atoms with Gasteiger partial charge < -0.3 is 9.73 Å². The summed E-state index contributed by atoms with van der Waals surface area (Å²) in [5.74, 6) is -0.0681. The van der Waals surface area contributed by atoms with Crippen molar-refractivity contribution < 1.29 is 17.6 Å². The first-order valence-electron chi connectivity index (χ1n) is 10.2. The number of fused-ring (bicyclic) bond motifs is 1. The number of amides is 1. The summed E-state index contributed by atoms with van der Waals surface area (Å²) in [4.78, 5) is 26.2. The second kappa shape index (κ2) is 8.65. The zero-order chi connectivity index (χ0) is 23.8. The Bertz CT molecular complexity index is 1510. The van der Waals surface area contributed by atoms with Crippen LogP contribution in [0.25, 0.3) is 22.3 Å². The Labute approximate surface area is 191 Å². The minimum Gasteiger partial charge on any atom is -0.455 e. The van der Waals surface area contributed by atoms with E-state index in [0.29, 0.717) is 22.4 Å². The predicted molar refractivity (Wildman–Crippen MR) is 128 cm³/mol. The number of carbonyl (C=O) groups excluding carboxylic acids is 1. The Morgan fingerprint density at radius 1 is 0.909 bits per heavy atom. The van der Waals surface area contributed by atoms with Crippen LogP contribution in [0.5, 0.6) is 0 Å². The molecule has 0 saturated carbocycles. The van der Waals surface area contributed by atoms with E-state index in [-0.39, 0.29) is 21.5 Å². The fraction of sp³-hybridized carbons (Fsp3) is 0.120. The molecular weight excluding hydrogens is 440 g/mol. The van der Waals surface area contributed by atoms with Crippen molar-refractivity contribution in [2.24, 2.45) is 0 Å². The Morgan fingerprint density at radius 3 is 2.21 bits per heavy atom. The van der Waals surface area contributed by atoms with Crippen molar-refractivity contribution in [1.29, 1.82) is 0 Å². The van der Waals surface area contributed by atoms with Crippen molar-refractivity contribution in [2.75, 3.05) is 19.4 Å². The molecule has 1 amide bonds. The number of hydrogen-bond acceptors (Lipinski definition) is 5. The molecule has 8 heteroatoms. The highest BCUT2D eigenvalue weighted by Crippen LogP contribution is 2.28. The molecule has 0 saturated heterocycles. The van der Waals surface area contributed by atoms with Crippen molar-refractivity contribution in [3.05, 3.63) is 94.1 Å². The van der Waals surface area contributed by atoms with Crippen molar-refractivity contribution in [3.63, 3.8) is 0 Å². The van der Waals surface area contributed by atoms with Gasteiger partial charge in [-0.15, -0.1) is 0 Å². The quantitative estimate of drug-likeness (QED) is 0.478.